The molecule has 2 aromatic carbocycles. The Kier molecular flexibility index (Phi) is 5.03. The molecule has 7 heteroatoms. The lowest BCUT2D eigenvalue weighted by atomic mass is 10.2. The number of benzene rings is 2. The van der Waals surface area contributed by atoms with E-state index >= 15 is 0 Å². The van der Waals surface area contributed by atoms with Crippen LogP contribution in [0.2, 0.25) is 0 Å². The fraction of sp³-hybridized carbons (Fsp3) is 0.292. The van der Waals surface area contributed by atoms with Crippen molar-refractivity contribution in [1.82, 2.24) is 24.5 Å². The molecule has 158 valence electrons. The molecule has 1 saturated carbocycles. The van der Waals surface area contributed by atoms with E-state index in [1.165, 1.54) is 0 Å². The van der Waals surface area contributed by atoms with Crippen LogP contribution < -0.4 is 5.32 Å². The Bertz CT molecular complexity index is 1220. The SMILES string of the molecule is CN(C)CCn1ccc2cc(NC(=O)c3nnn(-c4ccccc4)c3C3CC3)ccc21. The summed E-state index contributed by atoms with van der Waals surface area (Å²) >= 11 is 0. The lowest BCUT2D eigenvalue weighted by Crippen LogP contribution is -2.18. The van der Waals surface area contributed by atoms with Crippen molar-refractivity contribution in [1.29, 1.82) is 0 Å². The quantitative estimate of drug-likeness (QED) is 0.498. The van der Waals surface area contributed by atoms with Gasteiger partial charge in [0.05, 0.1) is 11.4 Å². The first-order chi connectivity index (χ1) is 15.1. The number of carbonyl (C=O) groups is 1. The average molecular weight is 415 g/mol. The van der Waals surface area contributed by atoms with Crippen molar-refractivity contribution in [2.75, 3.05) is 26.0 Å². The van der Waals surface area contributed by atoms with E-state index in [1.54, 1.807) is 4.68 Å². The van der Waals surface area contributed by atoms with E-state index in [4.69, 9.17) is 0 Å². The lowest BCUT2D eigenvalue weighted by Gasteiger charge is -2.11. The van der Waals surface area contributed by atoms with Gasteiger partial charge in [0.2, 0.25) is 0 Å². The minimum absolute atomic E-state index is 0.213. The topological polar surface area (TPSA) is 68.0 Å². The third-order valence-electron chi connectivity index (χ3n) is 5.70. The average Bonchev–Trinajstić information content (AvgIpc) is 3.38. The van der Waals surface area contributed by atoms with Crippen LogP contribution >= 0.6 is 0 Å². The van der Waals surface area contributed by atoms with Crippen molar-refractivity contribution in [3.8, 4) is 5.69 Å². The zero-order chi connectivity index (χ0) is 21.4. The monoisotopic (exact) mass is 414 g/mol. The third-order valence-corrected chi connectivity index (χ3v) is 5.70. The number of fused-ring (bicyclic) bond motifs is 1. The highest BCUT2D eigenvalue weighted by atomic mass is 16.2. The van der Waals surface area contributed by atoms with Crippen molar-refractivity contribution >= 4 is 22.5 Å². The predicted molar refractivity (Wildman–Crippen MR) is 122 cm³/mol. The van der Waals surface area contributed by atoms with Gasteiger partial charge in [-0.3, -0.25) is 4.79 Å². The van der Waals surface area contributed by atoms with Crippen LogP contribution in [-0.2, 0) is 6.54 Å². The molecule has 1 N–H and O–H groups in total. The number of para-hydroxylation sites is 1. The normalized spacial score (nSPS) is 13.8. The first-order valence-corrected chi connectivity index (χ1v) is 10.7. The second-order valence-corrected chi connectivity index (χ2v) is 8.39. The Balaban J connectivity index is 1.39. The van der Waals surface area contributed by atoms with Crippen LogP contribution in [0, 0.1) is 0 Å². The number of amides is 1. The van der Waals surface area contributed by atoms with E-state index in [-0.39, 0.29) is 5.91 Å². The van der Waals surface area contributed by atoms with Crippen LogP contribution in [0.25, 0.3) is 16.6 Å². The summed E-state index contributed by atoms with van der Waals surface area (Å²) < 4.78 is 4.04. The Morgan fingerprint density at radius 1 is 1.13 bits per heavy atom. The molecule has 0 aliphatic heterocycles. The molecule has 0 bridgehead atoms. The molecule has 7 nitrogen and oxygen atoms in total. The van der Waals surface area contributed by atoms with Crippen molar-refractivity contribution in [3.05, 3.63) is 72.2 Å². The highest BCUT2D eigenvalue weighted by Crippen LogP contribution is 2.42. The summed E-state index contributed by atoms with van der Waals surface area (Å²) in [4.78, 5) is 15.3. The molecule has 0 unspecified atom stereocenters. The Hall–Kier alpha value is -3.45. The van der Waals surface area contributed by atoms with Gasteiger partial charge < -0.3 is 14.8 Å². The molecule has 4 aromatic rings. The largest absolute Gasteiger partial charge is 0.346 e. The molecule has 1 amide bonds. The van der Waals surface area contributed by atoms with E-state index in [1.807, 2.05) is 42.5 Å². The van der Waals surface area contributed by atoms with E-state index < -0.39 is 0 Å². The predicted octanol–water partition coefficient (Wildman–Crippen LogP) is 3.91. The summed E-state index contributed by atoms with van der Waals surface area (Å²) in [6.07, 6.45) is 4.22. The summed E-state index contributed by atoms with van der Waals surface area (Å²) in [5.41, 5.74) is 4.17. The second-order valence-electron chi connectivity index (χ2n) is 8.39. The second kappa shape index (κ2) is 8.00. The van der Waals surface area contributed by atoms with Crippen LogP contribution in [0.3, 0.4) is 0 Å². The summed E-state index contributed by atoms with van der Waals surface area (Å²) in [6, 6.07) is 18.0. The number of aromatic nitrogens is 4. The van der Waals surface area contributed by atoms with E-state index in [0.717, 1.165) is 53.9 Å². The maximum atomic E-state index is 13.1. The number of likely N-dealkylation sites (N-methyl/N-ethyl adjacent to an activating group) is 1. The lowest BCUT2D eigenvalue weighted by molar-refractivity contribution is 0.102. The van der Waals surface area contributed by atoms with Gasteiger partial charge >= 0.3 is 0 Å². The van der Waals surface area contributed by atoms with Crippen LogP contribution in [0.15, 0.2) is 60.8 Å². The number of nitrogens with zero attached hydrogens (tertiary/aromatic N) is 5. The molecule has 1 aliphatic carbocycles. The molecule has 0 atom stereocenters. The summed E-state index contributed by atoms with van der Waals surface area (Å²) in [5.74, 6) is 0.125. The van der Waals surface area contributed by atoms with E-state index in [9.17, 15) is 4.79 Å². The van der Waals surface area contributed by atoms with Crippen molar-refractivity contribution in [2.45, 2.75) is 25.3 Å². The maximum Gasteiger partial charge on any atom is 0.278 e. The zero-order valence-electron chi connectivity index (χ0n) is 17.8. The molecule has 2 aromatic heterocycles. The number of rotatable bonds is 7. The molecule has 1 fully saturated rings. The van der Waals surface area contributed by atoms with Gasteiger partial charge in [-0.2, -0.15) is 0 Å². The number of hydrogen-bond acceptors (Lipinski definition) is 4. The fourth-order valence-electron chi connectivity index (χ4n) is 3.90. The van der Waals surface area contributed by atoms with Gasteiger partial charge in [0.25, 0.3) is 5.91 Å². The number of carbonyl (C=O) groups excluding carboxylic acids is 1. The van der Waals surface area contributed by atoms with Gasteiger partial charge in [-0.25, -0.2) is 4.68 Å². The van der Waals surface area contributed by atoms with E-state index in [0.29, 0.717) is 11.6 Å². The van der Waals surface area contributed by atoms with Crippen LogP contribution in [0.1, 0.15) is 34.9 Å². The van der Waals surface area contributed by atoms with E-state index in [2.05, 4.69) is 57.5 Å². The number of hydrogen-bond donors (Lipinski definition) is 1. The fourth-order valence-corrected chi connectivity index (χ4v) is 3.90. The standard InChI is InChI=1S/C24H26N6O/c1-28(2)14-15-29-13-12-18-16-19(10-11-21(18)29)25-24(31)22-23(17-8-9-17)30(27-26-22)20-6-4-3-5-7-20/h3-7,10-13,16-17H,8-9,14-15H2,1-2H3,(H,25,31). The van der Waals surface area contributed by atoms with Gasteiger partial charge in [-0.05, 0) is 63.3 Å². The smallest absolute Gasteiger partial charge is 0.278 e. The van der Waals surface area contributed by atoms with Gasteiger partial charge in [-0.1, -0.05) is 23.4 Å². The van der Waals surface area contributed by atoms with Crippen molar-refractivity contribution in [2.24, 2.45) is 0 Å². The van der Waals surface area contributed by atoms with Crippen LogP contribution in [0.4, 0.5) is 5.69 Å². The van der Waals surface area contributed by atoms with Crippen molar-refractivity contribution in [3.63, 3.8) is 0 Å². The highest BCUT2D eigenvalue weighted by molar-refractivity contribution is 6.04. The first kappa shape index (κ1) is 19.5. The number of anilines is 1. The molecule has 0 saturated heterocycles. The molecule has 1 aliphatic rings. The molecule has 0 spiro atoms. The Morgan fingerprint density at radius 2 is 1.94 bits per heavy atom. The van der Waals surface area contributed by atoms with Gasteiger partial charge in [0.15, 0.2) is 5.69 Å². The molecule has 0 radical (unpaired) electrons. The Morgan fingerprint density at radius 3 is 2.68 bits per heavy atom. The summed E-state index contributed by atoms with van der Waals surface area (Å²) in [7, 11) is 4.15. The third kappa shape index (κ3) is 3.96. The minimum atomic E-state index is -0.213. The van der Waals surface area contributed by atoms with Crippen molar-refractivity contribution < 1.29 is 4.79 Å². The van der Waals surface area contributed by atoms with Crippen LogP contribution in [0.5, 0.6) is 0 Å². The first-order valence-electron chi connectivity index (χ1n) is 10.7. The highest BCUT2D eigenvalue weighted by Gasteiger charge is 2.34. The summed E-state index contributed by atoms with van der Waals surface area (Å²) in [5, 5.41) is 12.7. The molecular formula is C24H26N6O. The van der Waals surface area contributed by atoms with Crippen LogP contribution in [-0.4, -0.2) is 51.0 Å². The maximum absolute atomic E-state index is 13.1. The molecule has 31 heavy (non-hydrogen) atoms. The summed E-state index contributed by atoms with van der Waals surface area (Å²) in [6.45, 7) is 1.90. The van der Waals surface area contributed by atoms with Gasteiger partial charge in [-0.15, -0.1) is 5.10 Å². The molecular weight excluding hydrogens is 388 g/mol. The molecule has 5 rings (SSSR count). The number of nitrogens with one attached hydrogen (secondary N) is 1. The van der Waals surface area contributed by atoms with Gasteiger partial charge in [0, 0.05) is 41.8 Å². The van der Waals surface area contributed by atoms with Gasteiger partial charge in [0.1, 0.15) is 0 Å². The Labute approximate surface area is 181 Å². The minimum Gasteiger partial charge on any atom is -0.346 e. The zero-order valence-corrected chi connectivity index (χ0v) is 17.8. The molecule has 2 heterocycles.